The summed E-state index contributed by atoms with van der Waals surface area (Å²) >= 11 is 3.27. The smallest absolute Gasteiger partial charge is 0.254 e. The first kappa shape index (κ1) is 20.8. The van der Waals surface area contributed by atoms with E-state index in [2.05, 4.69) is 36.0 Å². The van der Waals surface area contributed by atoms with Crippen molar-refractivity contribution in [2.75, 3.05) is 13.1 Å². The Morgan fingerprint density at radius 2 is 1.97 bits per heavy atom. The first-order chi connectivity index (χ1) is 14.6. The van der Waals surface area contributed by atoms with E-state index in [-0.39, 0.29) is 17.9 Å². The van der Waals surface area contributed by atoms with E-state index < -0.39 is 5.92 Å². The quantitative estimate of drug-likeness (QED) is 0.558. The second-order valence-corrected chi connectivity index (χ2v) is 9.81. The molecule has 1 N–H and O–H groups in total. The lowest BCUT2D eigenvalue weighted by Gasteiger charge is -2.42. The molecule has 0 saturated carbocycles. The maximum Gasteiger partial charge on any atom is 0.254 e. The summed E-state index contributed by atoms with van der Waals surface area (Å²) < 4.78 is 0. The molecule has 0 unspecified atom stereocenters. The van der Waals surface area contributed by atoms with E-state index >= 15 is 0 Å². The maximum absolute atomic E-state index is 13.5. The van der Waals surface area contributed by atoms with Crippen LogP contribution in [0.3, 0.4) is 0 Å². The summed E-state index contributed by atoms with van der Waals surface area (Å²) in [6.07, 6.45) is 0.807. The van der Waals surface area contributed by atoms with Crippen LogP contribution in [0.4, 0.5) is 0 Å². The topological polar surface area (TPSA) is 49.4 Å². The molecule has 6 heteroatoms. The maximum atomic E-state index is 13.5. The lowest BCUT2D eigenvalue weighted by atomic mass is 9.81. The SMILES string of the molecule is CC(C)CN1C(=O)c2ccccc2[C@H](C(=O)NCCc2ccsc2)[C@@H]1c1cccs1. The summed E-state index contributed by atoms with van der Waals surface area (Å²) in [5, 5.41) is 9.32. The number of amides is 2. The molecule has 0 radical (unpaired) electrons. The molecule has 1 aliphatic rings. The fourth-order valence-electron chi connectivity index (χ4n) is 4.12. The fourth-order valence-corrected chi connectivity index (χ4v) is 5.70. The molecule has 0 bridgehead atoms. The molecule has 2 aromatic heterocycles. The summed E-state index contributed by atoms with van der Waals surface area (Å²) in [7, 11) is 0. The highest BCUT2D eigenvalue weighted by Crippen LogP contribution is 2.44. The van der Waals surface area contributed by atoms with Gasteiger partial charge in [-0.15, -0.1) is 11.3 Å². The summed E-state index contributed by atoms with van der Waals surface area (Å²) in [6.45, 7) is 5.42. The van der Waals surface area contributed by atoms with Crippen LogP contribution in [0, 0.1) is 5.92 Å². The van der Waals surface area contributed by atoms with Gasteiger partial charge < -0.3 is 10.2 Å². The van der Waals surface area contributed by atoms with Gasteiger partial charge in [0.05, 0.1) is 12.0 Å². The van der Waals surface area contributed by atoms with Crippen molar-refractivity contribution in [1.82, 2.24) is 10.2 Å². The molecular weight excluding hydrogens is 412 g/mol. The second-order valence-electron chi connectivity index (χ2n) is 8.05. The minimum atomic E-state index is -0.418. The van der Waals surface area contributed by atoms with Crippen molar-refractivity contribution >= 4 is 34.5 Å². The van der Waals surface area contributed by atoms with Crippen LogP contribution in [0.5, 0.6) is 0 Å². The highest BCUT2D eigenvalue weighted by molar-refractivity contribution is 7.10. The zero-order chi connectivity index (χ0) is 21.1. The van der Waals surface area contributed by atoms with Crippen molar-refractivity contribution in [3.8, 4) is 0 Å². The lowest BCUT2D eigenvalue weighted by Crippen LogP contribution is -2.48. The number of carbonyl (C=O) groups is 2. The number of benzene rings is 1. The average molecular weight is 439 g/mol. The fraction of sp³-hybridized carbons (Fsp3) is 0.333. The van der Waals surface area contributed by atoms with Crippen LogP contribution in [-0.4, -0.2) is 29.8 Å². The monoisotopic (exact) mass is 438 g/mol. The summed E-state index contributed by atoms with van der Waals surface area (Å²) in [4.78, 5) is 29.8. The Morgan fingerprint density at radius 3 is 2.67 bits per heavy atom. The van der Waals surface area contributed by atoms with Crippen LogP contribution in [0.1, 0.15) is 52.2 Å². The van der Waals surface area contributed by atoms with Gasteiger partial charge in [-0.25, -0.2) is 0 Å². The van der Waals surface area contributed by atoms with Gasteiger partial charge in [-0.3, -0.25) is 9.59 Å². The highest BCUT2D eigenvalue weighted by atomic mass is 32.1. The Balaban J connectivity index is 1.69. The van der Waals surface area contributed by atoms with Crippen LogP contribution >= 0.6 is 22.7 Å². The van der Waals surface area contributed by atoms with Crippen molar-refractivity contribution in [2.45, 2.75) is 32.2 Å². The Kier molecular flexibility index (Phi) is 6.35. The molecule has 0 aliphatic carbocycles. The van der Waals surface area contributed by atoms with Crippen molar-refractivity contribution in [3.05, 3.63) is 80.2 Å². The second kappa shape index (κ2) is 9.14. The Hall–Kier alpha value is -2.44. The summed E-state index contributed by atoms with van der Waals surface area (Å²) in [5.74, 6) is -0.111. The van der Waals surface area contributed by atoms with Gasteiger partial charge in [0, 0.05) is 23.5 Å². The molecule has 1 aromatic carbocycles. The largest absolute Gasteiger partial charge is 0.355 e. The molecule has 0 saturated heterocycles. The molecular formula is C24H26N2O2S2. The minimum absolute atomic E-state index is 0.0139. The van der Waals surface area contributed by atoms with Crippen LogP contribution in [0.2, 0.25) is 0 Å². The number of hydrogen-bond donors (Lipinski definition) is 1. The van der Waals surface area contributed by atoms with E-state index in [0.717, 1.165) is 16.9 Å². The highest BCUT2D eigenvalue weighted by Gasteiger charge is 2.44. The van der Waals surface area contributed by atoms with E-state index in [4.69, 9.17) is 0 Å². The van der Waals surface area contributed by atoms with Gasteiger partial charge in [0.15, 0.2) is 0 Å². The van der Waals surface area contributed by atoms with E-state index in [1.165, 1.54) is 5.56 Å². The van der Waals surface area contributed by atoms with E-state index in [9.17, 15) is 9.59 Å². The summed E-state index contributed by atoms with van der Waals surface area (Å²) in [6, 6.07) is 13.4. The predicted octanol–water partition coefficient (Wildman–Crippen LogP) is 5.11. The number of nitrogens with one attached hydrogen (secondary N) is 1. The number of carbonyl (C=O) groups excluding carboxylic acids is 2. The van der Waals surface area contributed by atoms with Crippen LogP contribution in [0.15, 0.2) is 58.6 Å². The van der Waals surface area contributed by atoms with Crippen molar-refractivity contribution in [1.29, 1.82) is 0 Å². The normalized spacial score (nSPS) is 18.5. The van der Waals surface area contributed by atoms with Crippen LogP contribution in [0.25, 0.3) is 0 Å². The molecule has 1 aliphatic heterocycles. The van der Waals surface area contributed by atoms with E-state index in [0.29, 0.717) is 24.6 Å². The molecule has 3 aromatic rings. The molecule has 0 spiro atoms. The van der Waals surface area contributed by atoms with Gasteiger partial charge >= 0.3 is 0 Å². The van der Waals surface area contributed by atoms with Gasteiger partial charge in [-0.05, 0) is 57.8 Å². The van der Waals surface area contributed by atoms with E-state index in [1.807, 2.05) is 46.7 Å². The third-order valence-electron chi connectivity index (χ3n) is 5.41. The van der Waals surface area contributed by atoms with Crippen molar-refractivity contribution in [2.24, 2.45) is 5.92 Å². The number of hydrogen-bond acceptors (Lipinski definition) is 4. The molecule has 30 heavy (non-hydrogen) atoms. The number of nitrogens with zero attached hydrogens (tertiary/aromatic N) is 1. The zero-order valence-electron chi connectivity index (χ0n) is 17.2. The molecule has 2 atom stereocenters. The van der Waals surface area contributed by atoms with Crippen LogP contribution < -0.4 is 5.32 Å². The minimum Gasteiger partial charge on any atom is -0.355 e. The average Bonchev–Trinajstić information content (AvgIpc) is 3.43. The van der Waals surface area contributed by atoms with Crippen molar-refractivity contribution in [3.63, 3.8) is 0 Å². The van der Waals surface area contributed by atoms with Gasteiger partial charge in [0.1, 0.15) is 0 Å². The van der Waals surface area contributed by atoms with Gasteiger partial charge in [0.25, 0.3) is 5.91 Å². The number of rotatable bonds is 7. The summed E-state index contributed by atoms with van der Waals surface area (Å²) in [5.41, 5.74) is 2.70. The zero-order valence-corrected chi connectivity index (χ0v) is 18.8. The van der Waals surface area contributed by atoms with Crippen molar-refractivity contribution < 1.29 is 9.59 Å². The lowest BCUT2D eigenvalue weighted by molar-refractivity contribution is -0.124. The first-order valence-electron chi connectivity index (χ1n) is 10.3. The molecule has 4 nitrogen and oxygen atoms in total. The van der Waals surface area contributed by atoms with Gasteiger partial charge in [0.2, 0.25) is 5.91 Å². The van der Waals surface area contributed by atoms with E-state index in [1.54, 1.807) is 22.7 Å². The standard InChI is InChI=1S/C24H26N2O2S2/c1-16(2)14-26-22(20-8-5-12-30-20)21(18-6-3-4-7-19(18)24(26)28)23(27)25-11-9-17-10-13-29-15-17/h3-8,10,12-13,15-16,21-22H,9,11,14H2,1-2H3,(H,25,27)/t21-,22-/m0/s1. The Bertz CT molecular complexity index is 996. The number of fused-ring (bicyclic) bond motifs is 1. The Morgan fingerprint density at radius 1 is 1.13 bits per heavy atom. The predicted molar refractivity (Wildman–Crippen MR) is 123 cm³/mol. The third kappa shape index (κ3) is 4.20. The first-order valence-corrected chi connectivity index (χ1v) is 12.1. The molecule has 156 valence electrons. The molecule has 0 fully saturated rings. The molecule has 4 rings (SSSR count). The molecule has 3 heterocycles. The van der Waals surface area contributed by atoms with Gasteiger partial charge in [-0.1, -0.05) is 38.1 Å². The Labute approximate surface area is 185 Å². The third-order valence-corrected chi connectivity index (χ3v) is 7.09. The number of thiophene rings is 2. The molecule has 2 amide bonds. The van der Waals surface area contributed by atoms with Gasteiger partial charge in [-0.2, -0.15) is 11.3 Å². The van der Waals surface area contributed by atoms with Crippen LogP contribution in [-0.2, 0) is 11.2 Å².